The Hall–Kier alpha value is -1.06. The van der Waals surface area contributed by atoms with Gasteiger partial charge in [-0.25, -0.2) is 0 Å². The highest BCUT2D eigenvalue weighted by molar-refractivity contribution is 5.72. The summed E-state index contributed by atoms with van der Waals surface area (Å²) in [4.78, 5) is 21.6. The maximum atomic E-state index is 11.0. The Labute approximate surface area is 83.2 Å². The van der Waals surface area contributed by atoms with Gasteiger partial charge in [0, 0.05) is 12.8 Å². The molecule has 0 aliphatic heterocycles. The van der Waals surface area contributed by atoms with E-state index in [0.717, 1.165) is 6.42 Å². The average Bonchev–Trinajstić information content (AvgIpc) is 2.80. The van der Waals surface area contributed by atoms with E-state index in [2.05, 4.69) is 11.7 Å². The molecule has 0 aromatic rings. The van der Waals surface area contributed by atoms with Gasteiger partial charge in [0.1, 0.15) is 0 Å². The number of aliphatic carboxylic acids is 1. The quantitative estimate of drug-likeness (QED) is 0.679. The maximum Gasteiger partial charge on any atom is 0.305 e. The predicted octanol–water partition coefficient (Wildman–Crippen LogP) is 1.30. The summed E-state index contributed by atoms with van der Waals surface area (Å²) in [6.45, 7) is 2.08. The van der Waals surface area contributed by atoms with Gasteiger partial charge in [-0.15, -0.1) is 0 Å². The molecule has 0 radical (unpaired) electrons. The summed E-state index contributed by atoms with van der Waals surface area (Å²) in [6.07, 6.45) is 1.34. The first-order chi connectivity index (χ1) is 6.54. The molecule has 0 bridgehead atoms. The predicted molar refractivity (Wildman–Crippen MR) is 49.6 cm³/mol. The van der Waals surface area contributed by atoms with E-state index in [-0.39, 0.29) is 24.7 Å². The van der Waals surface area contributed by atoms with E-state index in [1.807, 2.05) is 0 Å². The molecule has 0 spiro atoms. The summed E-state index contributed by atoms with van der Waals surface area (Å²) in [5.41, 5.74) is 0. The van der Waals surface area contributed by atoms with Crippen LogP contribution in [0.2, 0.25) is 0 Å². The van der Waals surface area contributed by atoms with Crippen LogP contribution in [-0.2, 0) is 14.3 Å². The van der Waals surface area contributed by atoms with E-state index in [0.29, 0.717) is 11.8 Å². The van der Waals surface area contributed by atoms with Crippen LogP contribution in [0.15, 0.2) is 0 Å². The number of rotatable bonds is 5. The fourth-order valence-electron chi connectivity index (χ4n) is 1.90. The highest BCUT2D eigenvalue weighted by atomic mass is 16.5. The van der Waals surface area contributed by atoms with E-state index in [9.17, 15) is 9.59 Å². The van der Waals surface area contributed by atoms with Crippen molar-refractivity contribution in [3.05, 3.63) is 0 Å². The third-order valence-corrected chi connectivity index (χ3v) is 2.87. The molecule has 1 N–H and O–H groups in total. The topological polar surface area (TPSA) is 63.6 Å². The Morgan fingerprint density at radius 2 is 2.07 bits per heavy atom. The molecule has 0 saturated heterocycles. The van der Waals surface area contributed by atoms with Crippen molar-refractivity contribution in [2.75, 3.05) is 7.11 Å². The number of carboxylic acids is 1. The molecule has 0 aromatic heterocycles. The second-order valence-electron chi connectivity index (χ2n) is 4.02. The van der Waals surface area contributed by atoms with Crippen LogP contribution in [0.3, 0.4) is 0 Å². The minimum Gasteiger partial charge on any atom is -0.481 e. The van der Waals surface area contributed by atoms with E-state index in [1.54, 1.807) is 0 Å². The smallest absolute Gasteiger partial charge is 0.305 e. The Bertz CT molecular complexity index is 236. The van der Waals surface area contributed by atoms with Crippen molar-refractivity contribution < 1.29 is 19.4 Å². The highest BCUT2D eigenvalue weighted by Crippen LogP contribution is 2.46. The van der Waals surface area contributed by atoms with Gasteiger partial charge >= 0.3 is 11.9 Å². The van der Waals surface area contributed by atoms with Gasteiger partial charge in [-0.3, -0.25) is 9.59 Å². The van der Waals surface area contributed by atoms with Crippen molar-refractivity contribution in [3.63, 3.8) is 0 Å². The molecule has 4 nitrogen and oxygen atoms in total. The summed E-state index contributed by atoms with van der Waals surface area (Å²) in [5.74, 6) is -0.238. The molecule has 80 valence electrons. The van der Waals surface area contributed by atoms with E-state index < -0.39 is 5.97 Å². The lowest BCUT2D eigenvalue weighted by Crippen LogP contribution is -2.16. The van der Waals surface area contributed by atoms with Crippen molar-refractivity contribution >= 4 is 11.9 Å². The van der Waals surface area contributed by atoms with Gasteiger partial charge in [-0.05, 0) is 24.2 Å². The summed E-state index contributed by atoms with van der Waals surface area (Å²) < 4.78 is 4.54. The van der Waals surface area contributed by atoms with E-state index in [4.69, 9.17) is 5.11 Å². The third-order valence-electron chi connectivity index (χ3n) is 2.87. The number of carbonyl (C=O) groups excluding carboxylic acids is 1. The second-order valence-corrected chi connectivity index (χ2v) is 4.02. The number of esters is 1. The normalized spacial score (nSPS) is 26.7. The molecule has 1 fully saturated rings. The molecule has 1 saturated carbocycles. The summed E-state index contributed by atoms with van der Waals surface area (Å²) in [6, 6.07) is 0. The first-order valence-electron chi connectivity index (χ1n) is 4.83. The average molecular weight is 200 g/mol. The van der Waals surface area contributed by atoms with Gasteiger partial charge < -0.3 is 9.84 Å². The zero-order valence-electron chi connectivity index (χ0n) is 8.53. The molecule has 3 unspecified atom stereocenters. The van der Waals surface area contributed by atoms with Gasteiger partial charge in [0.05, 0.1) is 7.11 Å². The Kier molecular flexibility index (Phi) is 3.49. The van der Waals surface area contributed by atoms with Crippen molar-refractivity contribution in [1.29, 1.82) is 0 Å². The van der Waals surface area contributed by atoms with Gasteiger partial charge in [0.15, 0.2) is 0 Å². The molecule has 0 aromatic carbocycles. The number of ether oxygens (including phenoxy) is 1. The molecule has 3 atom stereocenters. The Morgan fingerprint density at radius 1 is 1.50 bits per heavy atom. The van der Waals surface area contributed by atoms with Crippen molar-refractivity contribution in [3.8, 4) is 0 Å². The van der Waals surface area contributed by atoms with Crippen LogP contribution < -0.4 is 0 Å². The lowest BCUT2D eigenvalue weighted by atomic mass is 9.95. The Morgan fingerprint density at radius 3 is 2.43 bits per heavy atom. The van der Waals surface area contributed by atoms with Crippen LogP contribution in [0.4, 0.5) is 0 Å². The number of hydrogen-bond acceptors (Lipinski definition) is 3. The van der Waals surface area contributed by atoms with Crippen LogP contribution in [-0.4, -0.2) is 24.2 Å². The second kappa shape index (κ2) is 4.44. The molecular formula is C10H16O4. The number of carbonyl (C=O) groups is 2. The fraction of sp³-hybridized carbons (Fsp3) is 0.800. The van der Waals surface area contributed by atoms with Crippen molar-refractivity contribution in [1.82, 2.24) is 0 Å². The molecule has 0 amide bonds. The first-order valence-corrected chi connectivity index (χ1v) is 4.83. The first kappa shape index (κ1) is 11.0. The van der Waals surface area contributed by atoms with E-state index in [1.165, 1.54) is 7.11 Å². The van der Waals surface area contributed by atoms with Gasteiger partial charge in [-0.2, -0.15) is 0 Å². The van der Waals surface area contributed by atoms with Gasteiger partial charge in [0.2, 0.25) is 0 Å². The highest BCUT2D eigenvalue weighted by Gasteiger charge is 2.41. The largest absolute Gasteiger partial charge is 0.481 e. The number of hydrogen-bond donors (Lipinski definition) is 1. The maximum absolute atomic E-state index is 11.0. The lowest BCUT2D eigenvalue weighted by molar-refractivity contribution is -0.143. The third kappa shape index (κ3) is 3.01. The number of methoxy groups -OCH3 is 1. The molecule has 0 heterocycles. The summed E-state index contributed by atoms with van der Waals surface area (Å²) >= 11 is 0. The van der Waals surface area contributed by atoms with Crippen LogP contribution >= 0.6 is 0 Å². The fourth-order valence-corrected chi connectivity index (χ4v) is 1.90. The monoisotopic (exact) mass is 200 g/mol. The molecule has 1 rings (SSSR count). The molecule has 1 aliphatic carbocycles. The molecular weight excluding hydrogens is 184 g/mol. The summed E-state index contributed by atoms with van der Waals surface area (Å²) in [7, 11) is 1.33. The van der Waals surface area contributed by atoms with E-state index >= 15 is 0 Å². The van der Waals surface area contributed by atoms with Gasteiger partial charge in [-0.1, -0.05) is 6.92 Å². The van der Waals surface area contributed by atoms with Crippen LogP contribution in [0.1, 0.15) is 26.2 Å². The zero-order valence-corrected chi connectivity index (χ0v) is 8.53. The minimum atomic E-state index is -0.835. The number of carboxylic acid groups (broad SMARTS) is 1. The van der Waals surface area contributed by atoms with Gasteiger partial charge in [0.25, 0.3) is 0 Å². The van der Waals surface area contributed by atoms with Crippen molar-refractivity contribution in [2.45, 2.75) is 26.2 Å². The SMILES string of the molecule is COC(=O)CC(CC(=O)O)C1CC1C. The molecule has 4 heteroatoms. The van der Waals surface area contributed by atoms with Crippen LogP contribution in [0.25, 0.3) is 0 Å². The molecule has 1 aliphatic rings. The summed E-state index contributed by atoms with van der Waals surface area (Å²) in [5, 5.41) is 8.68. The zero-order chi connectivity index (χ0) is 10.7. The minimum absolute atomic E-state index is 0.0463. The lowest BCUT2D eigenvalue weighted by Gasteiger charge is -2.12. The van der Waals surface area contributed by atoms with Crippen LogP contribution in [0, 0.1) is 17.8 Å². The van der Waals surface area contributed by atoms with Crippen molar-refractivity contribution in [2.24, 2.45) is 17.8 Å². The Balaban J connectivity index is 2.45. The van der Waals surface area contributed by atoms with Crippen LogP contribution in [0.5, 0.6) is 0 Å². The standard InChI is InChI=1S/C10H16O4/c1-6-3-8(6)7(4-9(11)12)5-10(13)14-2/h6-8H,3-5H2,1-2H3,(H,11,12). The molecule has 14 heavy (non-hydrogen) atoms.